The van der Waals surface area contributed by atoms with Gasteiger partial charge < -0.3 is 0 Å². The number of sulfone groups is 2. The third kappa shape index (κ3) is 5.18. The van der Waals surface area contributed by atoms with Crippen molar-refractivity contribution in [1.82, 2.24) is 9.80 Å². The lowest BCUT2D eigenvalue weighted by Gasteiger charge is -2.34. The summed E-state index contributed by atoms with van der Waals surface area (Å²) >= 11 is 0. The monoisotopic (exact) mass is 522 g/mol. The minimum absolute atomic E-state index is 0.157. The number of hydrogen-bond donors (Lipinski definition) is 0. The lowest BCUT2D eigenvalue weighted by molar-refractivity contribution is 0.137. The van der Waals surface area contributed by atoms with Gasteiger partial charge in [0.15, 0.2) is 19.7 Å². The van der Waals surface area contributed by atoms with Crippen LogP contribution in [-0.4, -0.2) is 65.1 Å². The third-order valence-electron chi connectivity index (χ3n) is 6.96. The van der Waals surface area contributed by atoms with E-state index in [4.69, 9.17) is 0 Å². The second kappa shape index (κ2) is 10.3. The molecule has 3 aromatic rings. The highest BCUT2D eigenvalue weighted by Crippen LogP contribution is 2.43. The fourth-order valence-corrected chi connectivity index (χ4v) is 9.45. The van der Waals surface area contributed by atoms with Gasteiger partial charge in [0, 0.05) is 39.3 Å². The van der Waals surface area contributed by atoms with E-state index in [1.807, 2.05) is 24.3 Å². The van der Waals surface area contributed by atoms with Crippen molar-refractivity contribution in [2.75, 3.05) is 38.5 Å². The SMILES string of the molecule is O=S1(=O)CC(S(=O)(=O)c2ccccc2)c2c(CN3CCN(C/C=C/c4ccccc4)CC3)cccc21. The normalized spacial score (nSPS) is 20.5. The molecule has 0 aromatic heterocycles. The van der Waals surface area contributed by atoms with Gasteiger partial charge in [-0.3, -0.25) is 9.80 Å². The predicted octanol–water partition coefficient (Wildman–Crippen LogP) is 3.82. The maximum atomic E-state index is 13.5. The molecule has 3 aromatic carbocycles. The maximum absolute atomic E-state index is 13.5. The minimum Gasteiger partial charge on any atom is -0.297 e. The first-order valence-electron chi connectivity index (χ1n) is 12.1. The van der Waals surface area contributed by atoms with Crippen molar-refractivity contribution in [3.05, 3.63) is 102 Å². The van der Waals surface area contributed by atoms with E-state index in [-0.39, 0.29) is 9.79 Å². The average molecular weight is 523 g/mol. The van der Waals surface area contributed by atoms with E-state index in [0.717, 1.165) is 38.3 Å². The smallest absolute Gasteiger partial charge is 0.186 e. The van der Waals surface area contributed by atoms with Crippen LogP contribution in [0.15, 0.2) is 94.7 Å². The Labute approximate surface area is 213 Å². The van der Waals surface area contributed by atoms with Crippen LogP contribution < -0.4 is 0 Å². The molecule has 36 heavy (non-hydrogen) atoms. The Morgan fingerprint density at radius 3 is 2.14 bits per heavy atom. The van der Waals surface area contributed by atoms with Crippen LogP contribution in [-0.2, 0) is 26.2 Å². The van der Waals surface area contributed by atoms with Gasteiger partial charge in [-0.1, -0.05) is 72.8 Å². The van der Waals surface area contributed by atoms with Crippen molar-refractivity contribution in [1.29, 1.82) is 0 Å². The minimum atomic E-state index is -3.84. The first-order chi connectivity index (χ1) is 17.3. The van der Waals surface area contributed by atoms with E-state index in [1.165, 1.54) is 17.7 Å². The van der Waals surface area contributed by atoms with E-state index >= 15 is 0 Å². The Bertz CT molecular complexity index is 1450. The van der Waals surface area contributed by atoms with Gasteiger partial charge in [-0.15, -0.1) is 0 Å². The number of nitrogens with zero attached hydrogens (tertiary/aromatic N) is 2. The largest absolute Gasteiger partial charge is 0.297 e. The molecular weight excluding hydrogens is 492 g/mol. The number of fused-ring (bicyclic) bond motifs is 1. The molecule has 0 spiro atoms. The Hall–Kier alpha value is -2.78. The number of piperazine rings is 1. The Kier molecular flexibility index (Phi) is 7.12. The van der Waals surface area contributed by atoms with Crippen molar-refractivity contribution in [2.45, 2.75) is 21.6 Å². The second-order valence-corrected chi connectivity index (χ2v) is 13.5. The van der Waals surface area contributed by atoms with Gasteiger partial charge in [0.2, 0.25) is 0 Å². The highest BCUT2D eigenvalue weighted by atomic mass is 32.2. The van der Waals surface area contributed by atoms with Gasteiger partial charge in [0.25, 0.3) is 0 Å². The van der Waals surface area contributed by atoms with Crippen LogP contribution >= 0.6 is 0 Å². The summed E-state index contributed by atoms with van der Waals surface area (Å²) in [6, 6.07) is 23.5. The zero-order chi connectivity index (χ0) is 25.2. The molecule has 2 aliphatic heterocycles. The van der Waals surface area contributed by atoms with Crippen LogP contribution in [0.1, 0.15) is 21.9 Å². The number of benzene rings is 3. The van der Waals surface area contributed by atoms with Gasteiger partial charge in [-0.05, 0) is 34.9 Å². The molecule has 5 rings (SSSR count). The fourth-order valence-electron chi connectivity index (χ4n) is 5.03. The lowest BCUT2D eigenvalue weighted by atomic mass is 10.0. The molecule has 1 unspecified atom stereocenters. The molecule has 0 amide bonds. The first kappa shape index (κ1) is 24.9. The van der Waals surface area contributed by atoms with Crippen molar-refractivity contribution >= 4 is 25.8 Å². The maximum Gasteiger partial charge on any atom is 0.186 e. The van der Waals surface area contributed by atoms with E-state index < -0.39 is 30.7 Å². The summed E-state index contributed by atoms with van der Waals surface area (Å²) in [5, 5.41) is -1.08. The quantitative estimate of drug-likeness (QED) is 0.470. The summed E-state index contributed by atoms with van der Waals surface area (Å²) in [6.07, 6.45) is 4.31. The van der Waals surface area contributed by atoms with E-state index in [2.05, 4.69) is 34.1 Å². The highest BCUT2D eigenvalue weighted by molar-refractivity contribution is 7.96. The summed E-state index contributed by atoms with van der Waals surface area (Å²) in [6.45, 7) is 4.89. The molecule has 0 radical (unpaired) electrons. The molecule has 2 heterocycles. The summed E-state index contributed by atoms with van der Waals surface area (Å²) in [5.74, 6) is -0.405. The van der Waals surface area contributed by atoms with Crippen molar-refractivity contribution in [3.63, 3.8) is 0 Å². The number of hydrogen-bond acceptors (Lipinski definition) is 6. The van der Waals surface area contributed by atoms with Crippen LogP contribution in [0.3, 0.4) is 0 Å². The van der Waals surface area contributed by atoms with Crippen LogP contribution in [0.5, 0.6) is 0 Å². The Morgan fingerprint density at radius 2 is 1.44 bits per heavy atom. The molecule has 1 fully saturated rings. The lowest BCUT2D eigenvalue weighted by Crippen LogP contribution is -2.45. The molecule has 6 nitrogen and oxygen atoms in total. The summed E-state index contributed by atoms with van der Waals surface area (Å²) < 4.78 is 52.8. The average Bonchev–Trinajstić information content (AvgIpc) is 3.18. The van der Waals surface area contributed by atoms with Crippen LogP contribution in [0.4, 0.5) is 0 Å². The second-order valence-electron chi connectivity index (χ2n) is 9.35. The zero-order valence-corrected chi connectivity index (χ0v) is 21.7. The van der Waals surface area contributed by atoms with Crippen molar-refractivity contribution in [3.8, 4) is 0 Å². The summed E-state index contributed by atoms with van der Waals surface area (Å²) in [4.78, 5) is 4.99. The van der Waals surface area contributed by atoms with Gasteiger partial charge in [-0.2, -0.15) is 0 Å². The van der Waals surface area contributed by atoms with E-state index in [1.54, 1.807) is 30.3 Å². The van der Waals surface area contributed by atoms with E-state index in [0.29, 0.717) is 12.1 Å². The fraction of sp³-hybridized carbons (Fsp3) is 0.286. The zero-order valence-electron chi connectivity index (χ0n) is 20.0. The topological polar surface area (TPSA) is 74.8 Å². The van der Waals surface area contributed by atoms with Gasteiger partial charge in [0.1, 0.15) is 5.25 Å². The molecule has 8 heteroatoms. The molecule has 2 aliphatic rings. The third-order valence-corrected chi connectivity index (χ3v) is 11.1. The van der Waals surface area contributed by atoms with Crippen LogP contribution in [0.2, 0.25) is 0 Å². The molecule has 1 saturated heterocycles. The molecule has 0 bridgehead atoms. The van der Waals surface area contributed by atoms with Gasteiger partial charge in [0.05, 0.1) is 15.5 Å². The van der Waals surface area contributed by atoms with Crippen molar-refractivity contribution in [2.24, 2.45) is 0 Å². The Morgan fingerprint density at radius 1 is 0.806 bits per heavy atom. The molecule has 0 saturated carbocycles. The summed E-state index contributed by atoms with van der Waals surface area (Å²) in [7, 11) is -7.51. The molecule has 0 aliphatic carbocycles. The first-order valence-corrected chi connectivity index (χ1v) is 15.3. The van der Waals surface area contributed by atoms with Crippen LogP contribution in [0, 0.1) is 0 Å². The van der Waals surface area contributed by atoms with Crippen LogP contribution in [0.25, 0.3) is 6.08 Å². The molecule has 0 N–H and O–H groups in total. The number of rotatable bonds is 7. The molecular formula is C28H30N2O4S2. The van der Waals surface area contributed by atoms with Gasteiger partial charge in [-0.25, -0.2) is 16.8 Å². The Balaban J connectivity index is 1.30. The molecule has 188 valence electrons. The van der Waals surface area contributed by atoms with Gasteiger partial charge >= 0.3 is 0 Å². The highest BCUT2D eigenvalue weighted by Gasteiger charge is 2.44. The predicted molar refractivity (Wildman–Crippen MR) is 142 cm³/mol. The standard InChI is InChI=1S/C28H30N2O4S2/c31-35(32)22-27(36(33,34)25-13-5-2-6-14-25)28-24(12-7-15-26(28)35)21-30-19-17-29(18-20-30)16-8-11-23-9-3-1-4-10-23/h1-15,27H,16-22H2/b11-8+. The van der Waals surface area contributed by atoms with E-state index in [9.17, 15) is 16.8 Å². The summed E-state index contributed by atoms with van der Waals surface area (Å²) in [5.41, 5.74) is 2.43. The van der Waals surface area contributed by atoms with Crippen molar-refractivity contribution < 1.29 is 16.8 Å². The molecule has 1 atom stereocenters.